The Balaban J connectivity index is 1.90. The highest BCUT2D eigenvalue weighted by Crippen LogP contribution is 2.35. The molecule has 0 amide bonds. The van der Waals surface area contributed by atoms with E-state index in [-0.39, 0.29) is 42.4 Å². The van der Waals surface area contributed by atoms with Crippen LogP contribution in [-0.2, 0) is 19.1 Å². The summed E-state index contributed by atoms with van der Waals surface area (Å²) in [6.07, 6.45) is 1.07. The predicted molar refractivity (Wildman–Crippen MR) is 145 cm³/mol. The second-order valence-electron chi connectivity index (χ2n) is 9.00. The minimum absolute atomic E-state index is 0.00392. The van der Waals surface area contributed by atoms with Crippen LogP contribution in [0.3, 0.4) is 0 Å². The molecule has 2 aromatic carbocycles. The molecule has 2 aromatic rings. The average Bonchev–Trinajstić information content (AvgIpc) is 2.90. The first kappa shape index (κ1) is 29.7. The van der Waals surface area contributed by atoms with Crippen molar-refractivity contribution in [2.75, 3.05) is 44.8 Å². The molecule has 1 unspecified atom stereocenters. The Bertz CT molecular complexity index is 1140. The Kier molecular flexibility index (Phi) is 10.9. The number of carbonyl (C=O) groups is 2. The van der Waals surface area contributed by atoms with Gasteiger partial charge in [-0.1, -0.05) is 0 Å². The van der Waals surface area contributed by atoms with Crippen molar-refractivity contribution in [3.8, 4) is 11.5 Å². The van der Waals surface area contributed by atoms with Crippen LogP contribution in [0.5, 0.6) is 11.5 Å². The van der Waals surface area contributed by atoms with Crippen LogP contribution in [0, 0.1) is 11.2 Å². The minimum Gasteiger partial charge on any atom is -0.494 e. The van der Waals surface area contributed by atoms with Crippen LogP contribution in [0.15, 0.2) is 36.4 Å². The predicted octanol–water partition coefficient (Wildman–Crippen LogP) is 3.63. The third-order valence-electron chi connectivity index (χ3n) is 6.11. The minimum atomic E-state index is -1.21. The van der Waals surface area contributed by atoms with Gasteiger partial charge < -0.3 is 30.0 Å². The smallest absolute Gasteiger partial charge is 0.333 e. The molecule has 39 heavy (non-hydrogen) atoms. The van der Waals surface area contributed by atoms with Gasteiger partial charge in [0.1, 0.15) is 17.7 Å². The van der Waals surface area contributed by atoms with Gasteiger partial charge in [-0.05, 0) is 70.5 Å². The number of anilines is 1. The van der Waals surface area contributed by atoms with Crippen molar-refractivity contribution in [3.05, 3.63) is 53.3 Å². The van der Waals surface area contributed by atoms with Crippen LogP contribution in [0.4, 0.5) is 10.1 Å². The van der Waals surface area contributed by atoms with E-state index in [1.54, 1.807) is 45.0 Å². The van der Waals surface area contributed by atoms with Crippen LogP contribution in [0.2, 0.25) is 0 Å². The molecular formula is C28H37FN4O6. The summed E-state index contributed by atoms with van der Waals surface area (Å²) in [6.45, 7) is 7.24. The number of ether oxygens (including phenoxy) is 4. The SMILES string of the molecule is CCOC(=O)CN1CCC[C@@H](Oc2cc(OCC)cc(C(Nc3ccc(C(=N)N)cc3)C(=O)OCC)c2F)C1. The van der Waals surface area contributed by atoms with Crippen LogP contribution in [0.25, 0.3) is 0 Å². The number of rotatable bonds is 13. The monoisotopic (exact) mass is 544 g/mol. The average molecular weight is 545 g/mol. The zero-order valence-corrected chi connectivity index (χ0v) is 22.6. The molecule has 10 nitrogen and oxygen atoms in total. The second-order valence-corrected chi connectivity index (χ2v) is 9.00. The van der Waals surface area contributed by atoms with E-state index in [0.29, 0.717) is 49.7 Å². The van der Waals surface area contributed by atoms with E-state index in [0.717, 1.165) is 6.42 Å². The van der Waals surface area contributed by atoms with Crippen molar-refractivity contribution in [1.29, 1.82) is 5.41 Å². The Morgan fingerprint density at radius 3 is 2.49 bits per heavy atom. The van der Waals surface area contributed by atoms with E-state index in [2.05, 4.69) is 5.32 Å². The third-order valence-corrected chi connectivity index (χ3v) is 6.11. The summed E-state index contributed by atoms with van der Waals surface area (Å²) in [5.41, 5.74) is 6.55. The van der Waals surface area contributed by atoms with E-state index in [1.807, 2.05) is 4.90 Å². The number of nitrogens with zero attached hydrogens (tertiary/aromatic N) is 1. The van der Waals surface area contributed by atoms with Gasteiger partial charge in [0.2, 0.25) is 0 Å². The zero-order chi connectivity index (χ0) is 28.4. The number of esters is 2. The van der Waals surface area contributed by atoms with Gasteiger partial charge in [-0.25, -0.2) is 9.18 Å². The molecule has 1 aliphatic rings. The van der Waals surface area contributed by atoms with Gasteiger partial charge in [0, 0.05) is 29.4 Å². The summed E-state index contributed by atoms with van der Waals surface area (Å²) in [5, 5.41) is 10.6. The summed E-state index contributed by atoms with van der Waals surface area (Å²) in [4.78, 5) is 26.9. The molecule has 0 spiro atoms. The Hall–Kier alpha value is -3.86. The Morgan fingerprint density at radius 1 is 1.13 bits per heavy atom. The lowest BCUT2D eigenvalue weighted by Gasteiger charge is -2.32. The van der Waals surface area contributed by atoms with Crippen molar-refractivity contribution >= 4 is 23.5 Å². The summed E-state index contributed by atoms with van der Waals surface area (Å²) in [5.74, 6) is -1.51. The number of carbonyl (C=O) groups excluding carboxylic acids is 2. The molecule has 0 bridgehead atoms. The van der Waals surface area contributed by atoms with E-state index >= 15 is 4.39 Å². The molecule has 1 fully saturated rings. The number of halogens is 1. The molecule has 0 radical (unpaired) electrons. The van der Waals surface area contributed by atoms with Crippen molar-refractivity contribution in [2.24, 2.45) is 5.73 Å². The van der Waals surface area contributed by atoms with E-state index < -0.39 is 17.8 Å². The lowest BCUT2D eigenvalue weighted by atomic mass is 10.0. The highest BCUT2D eigenvalue weighted by atomic mass is 19.1. The van der Waals surface area contributed by atoms with Gasteiger partial charge in [-0.15, -0.1) is 0 Å². The number of benzene rings is 2. The summed E-state index contributed by atoms with van der Waals surface area (Å²) < 4.78 is 38.1. The maximum Gasteiger partial charge on any atom is 0.333 e. The lowest BCUT2D eigenvalue weighted by Crippen LogP contribution is -2.43. The molecule has 2 atom stereocenters. The highest BCUT2D eigenvalue weighted by molar-refractivity contribution is 5.95. The number of likely N-dealkylation sites (tertiary alicyclic amines) is 1. The van der Waals surface area contributed by atoms with E-state index in [9.17, 15) is 9.59 Å². The summed E-state index contributed by atoms with van der Waals surface area (Å²) in [7, 11) is 0. The fourth-order valence-electron chi connectivity index (χ4n) is 4.36. The van der Waals surface area contributed by atoms with E-state index in [4.69, 9.17) is 30.1 Å². The van der Waals surface area contributed by atoms with Gasteiger partial charge in [-0.3, -0.25) is 15.1 Å². The lowest BCUT2D eigenvalue weighted by molar-refractivity contribution is -0.145. The number of nitrogen functional groups attached to an aromatic ring is 1. The number of hydrogen-bond donors (Lipinski definition) is 3. The fourth-order valence-corrected chi connectivity index (χ4v) is 4.36. The molecule has 0 aliphatic carbocycles. The fraction of sp³-hybridized carbons (Fsp3) is 0.464. The van der Waals surface area contributed by atoms with E-state index in [1.165, 1.54) is 12.1 Å². The van der Waals surface area contributed by atoms with Crippen LogP contribution >= 0.6 is 0 Å². The number of piperidine rings is 1. The Morgan fingerprint density at radius 2 is 1.85 bits per heavy atom. The first-order valence-electron chi connectivity index (χ1n) is 13.1. The van der Waals surface area contributed by atoms with Crippen molar-refractivity contribution in [2.45, 2.75) is 45.8 Å². The topological polar surface area (TPSA) is 136 Å². The van der Waals surface area contributed by atoms with Crippen molar-refractivity contribution in [1.82, 2.24) is 4.90 Å². The van der Waals surface area contributed by atoms with Gasteiger partial charge in [0.25, 0.3) is 0 Å². The number of nitrogens with one attached hydrogen (secondary N) is 2. The molecular weight excluding hydrogens is 507 g/mol. The highest BCUT2D eigenvalue weighted by Gasteiger charge is 2.30. The molecule has 1 heterocycles. The maximum atomic E-state index is 16.0. The van der Waals surface area contributed by atoms with Crippen LogP contribution in [-0.4, -0.2) is 68.2 Å². The third kappa shape index (κ3) is 8.31. The maximum absolute atomic E-state index is 16.0. The van der Waals surface area contributed by atoms with Crippen LogP contribution in [0.1, 0.15) is 50.8 Å². The summed E-state index contributed by atoms with van der Waals surface area (Å²) in [6, 6.07) is 8.26. The molecule has 0 aromatic heterocycles. The number of amidine groups is 1. The largest absolute Gasteiger partial charge is 0.494 e. The normalized spacial score (nSPS) is 16.2. The molecule has 0 saturated carbocycles. The molecule has 11 heteroatoms. The first-order chi connectivity index (χ1) is 18.7. The quantitative estimate of drug-likeness (QED) is 0.196. The molecule has 4 N–H and O–H groups in total. The Labute approximate surface area is 228 Å². The van der Waals surface area contributed by atoms with Gasteiger partial charge in [0.05, 0.1) is 26.4 Å². The molecule has 1 aliphatic heterocycles. The van der Waals surface area contributed by atoms with Gasteiger partial charge in [0.15, 0.2) is 17.6 Å². The standard InChI is InChI=1S/C28H37FN4O6/c1-4-36-21-14-22(26(28(35)38-6-3)32-19-11-9-18(10-12-19)27(30)31)25(29)23(15-21)39-20-8-7-13-33(16-20)17-24(34)37-5-2/h9-12,14-15,20,26,32H,4-8,13,16-17H2,1-3H3,(H3,30,31)/t20-,26?/m1/s1. The molecule has 3 rings (SSSR count). The van der Waals surface area contributed by atoms with Crippen LogP contribution < -0.4 is 20.5 Å². The van der Waals surface area contributed by atoms with Gasteiger partial charge in [-0.2, -0.15) is 0 Å². The van der Waals surface area contributed by atoms with Crippen molar-refractivity contribution < 1.29 is 32.9 Å². The number of nitrogens with two attached hydrogens (primary N) is 1. The zero-order valence-electron chi connectivity index (χ0n) is 22.6. The first-order valence-corrected chi connectivity index (χ1v) is 13.1. The molecule has 212 valence electrons. The summed E-state index contributed by atoms with van der Waals surface area (Å²) >= 11 is 0. The van der Waals surface area contributed by atoms with Gasteiger partial charge >= 0.3 is 11.9 Å². The second kappa shape index (κ2) is 14.3. The van der Waals surface area contributed by atoms with Crippen molar-refractivity contribution in [3.63, 3.8) is 0 Å². The molecule has 1 saturated heterocycles. The number of hydrogen-bond acceptors (Lipinski definition) is 9.